The summed E-state index contributed by atoms with van der Waals surface area (Å²) in [5, 5.41) is 6.71. The summed E-state index contributed by atoms with van der Waals surface area (Å²) in [6, 6.07) is 17.6. The Morgan fingerprint density at radius 2 is 1.67 bits per heavy atom. The third kappa shape index (κ3) is 6.90. The van der Waals surface area contributed by atoms with Crippen LogP contribution in [0.3, 0.4) is 0 Å². The van der Waals surface area contributed by atoms with Gasteiger partial charge in [-0.3, -0.25) is 9.59 Å². The second-order valence-electron chi connectivity index (χ2n) is 6.46. The van der Waals surface area contributed by atoms with E-state index in [1.807, 2.05) is 0 Å². The third-order valence-electron chi connectivity index (χ3n) is 4.18. The predicted octanol–water partition coefficient (Wildman–Crippen LogP) is 4.42. The van der Waals surface area contributed by atoms with Crippen molar-refractivity contribution in [2.24, 2.45) is 5.10 Å². The molecule has 3 aromatic rings. The zero-order chi connectivity index (χ0) is 23.8. The molecule has 168 valence electrons. The normalized spacial score (nSPS) is 10.5. The van der Waals surface area contributed by atoms with Crippen LogP contribution in [0.25, 0.3) is 0 Å². The van der Waals surface area contributed by atoms with Crippen LogP contribution in [0.2, 0.25) is 5.02 Å². The van der Waals surface area contributed by atoms with Crippen molar-refractivity contribution in [2.75, 3.05) is 12.4 Å². The minimum Gasteiger partial charge on any atom is -0.497 e. The first-order chi connectivity index (χ1) is 15.9. The Morgan fingerprint density at radius 1 is 0.970 bits per heavy atom. The van der Waals surface area contributed by atoms with Gasteiger partial charge in [-0.1, -0.05) is 27.5 Å². The summed E-state index contributed by atoms with van der Waals surface area (Å²) in [5.41, 5.74) is 3.26. The van der Waals surface area contributed by atoms with E-state index >= 15 is 0 Å². The second kappa shape index (κ2) is 11.3. The fraction of sp³-hybridized carbons (Fsp3) is 0.0435. The number of benzene rings is 3. The fourth-order valence-electron chi connectivity index (χ4n) is 2.53. The summed E-state index contributed by atoms with van der Waals surface area (Å²) < 4.78 is 11.2. The van der Waals surface area contributed by atoms with E-state index < -0.39 is 17.8 Å². The highest BCUT2D eigenvalue weighted by atomic mass is 79.9. The van der Waals surface area contributed by atoms with E-state index in [4.69, 9.17) is 21.1 Å². The Bertz CT molecular complexity index is 1200. The number of anilines is 1. The van der Waals surface area contributed by atoms with Gasteiger partial charge in [0.25, 0.3) is 0 Å². The lowest BCUT2D eigenvalue weighted by atomic mass is 10.2. The van der Waals surface area contributed by atoms with Gasteiger partial charge in [0.1, 0.15) is 11.5 Å². The van der Waals surface area contributed by atoms with Crippen LogP contribution in [0.1, 0.15) is 15.9 Å². The van der Waals surface area contributed by atoms with Gasteiger partial charge in [-0.2, -0.15) is 5.10 Å². The summed E-state index contributed by atoms with van der Waals surface area (Å²) in [4.78, 5) is 36.5. The van der Waals surface area contributed by atoms with Crippen LogP contribution in [-0.2, 0) is 9.59 Å². The van der Waals surface area contributed by atoms with Crippen LogP contribution in [0.4, 0.5) is 5.69 Å². The smallest absolute Gasteiger partial charge is 0.343 e. The lowest BCUT2D eigenvalue weighted by Gasteiger charge is -2.08. The van der Waals surface area contributed by atoms with E-state index in [1.165, 1.54) is 13.3 Å². The number of hydrogen-bond donors (Lipinski definition) is 2. The lowest BCUT2D eigenvalue weighted by molar-refractivity contribution is -0.136. The van der Waals surface area contributed by atoms with Crippen molar-refractivity contribution in [3.05, 3.63) is 87.4 Å². The molecule has 0 saturated carbocycles. The number of hydrogen-bond acceptors (Lipinski definition) is 6. The molecule has 0 heterocycles. The van der Waals surface area contributed by atoms with Gasteiger partial charge in [0.05, 0.1) is 18.9 Å². The number of esters is 1. The Kier molecular flexibility index (Phi) is 8.17. The van der Waals surface area contributed by atoms with Crippen LogP contribution < -0.4 is 20.2 Å². The summed E-state index contributed by atoms with van der Waals surface area (Å²) in [6.45, 7) is 0. The second-order valence-corrected chi connectivity index (χ2v) is 7.81. The van der Waals surface area contributed by atoms with Gasteiger partial charge in [-0.25, -0.2) is 10.2 Å². The van der Waals surface area contributed by atoms with Crippen LogP contribution in [-0.4, -0.2) is 31.1 Å². The molecule has 0 aliphatic heterocycles. The molecule has 0 aliphatic rings. The third-order valence-corrected chi connectivity index (χ3v) is 4.92. The highest BCUT2D eigenvalue weighted by Gasteiger charge is 2.14. The molecule has 0 bridgehead atoms. The summed E-state index contributed by atoms with van der Waals surface area (Å²) in [7, 11) is 1.53. The molecule has 2 amide bonds. The number of rotatable bonds is 6. The number of methoxy groups -OCH3 is 1. The number of carbonyl (C=O) groups excluding carboxylic acids is 3. The highest BCUT2D eigenvalue weighted by molar-refractivity contribution is 9.10. The molecule has 0 atom stereocenters. The largest absolute Gasteiger partial charge is 0.497 e. The van der Waals surface area contributed by atoms with Gasteiger partial charge in [-0.15, -0.1) is 0 Å². The minimum absolute atomic E-state index is 0.211. The SMILES string of the molecule is COc1ccc(C(=O)Oc2ccc(Br)cc2/C=N/NC(=O)C(=O)Nc2ccc(Cl)cc2)cc1. The van der Waals surface area contributed by atoms with E-state index in [1.54, 1.807) is 66.7 Å². The van der Waals surface area contributed by atoms with E-state index in [0.29, 0.717) is 32.1 Å². The Balaban J connectivity index is 1.65. The van der Waals surface area contributed by atoms with Gasteiger partial charge in [0.2, 0.25) is 0 Å². The predicted molar refractivity (Wildman–Crippen MR) is 128 cm³/mol. The van der Waals surface area contributed by atoms with E-state index in [9.17, 15) is 14.4 Å². The van der Waals surface area contributed by atoms with Crippen LogP contribution in [0.15, 0.2) is 76.3 Å². The number of nitrogens with one attached hydrogen (secondary N) is 2. The van der Waals surface area contributed by atoms with Crippen molar-refractivity contribution < 1.29 is 23.9 Å². The van der Waals surface area contributed by atoms with Crippen molar-refractivity contribution in [1.82, 2.24) is 5.43 Å². The molecule has 0 fully saturated rings. The van der Waals surface area contributed by atoms with Crippen molar-refractivity contribution in [1.29, 1.82) is 0 Å². The standard InChI is InChI=1S/C23H17BrClN3O5/c1-32-19-9-2-14(3-10-19)23(31)33-20-11-4-16(24)12-15(20)13-26-28-22(30)21(29)27-18-7-5-17(25)6-8-18/h2-13H,1H3,(H,27,29)(H,28,30)/b26-13+. The van der Waals surface area contributed by atoms with Gasteiger partial charge < -0.3 is 14.8 Å². The molecule has 0 aliphatic carbocycles. The fourth-order valence-corrected chi connectivity index (χ4v) is 3.04. The molecule has 33 heavy (non-hydrogen) atoms. The Hall–Kier alpha value is -3.69. The minimum atomic E-state index is -0.979. The molecular formula is C23H17BrClN3O5. The number of nitrogens with zero attached hydrogens (tertiary/aromatic N) is 1. The van der Waals surface area contributed by atoms with Crippen molar-refractivity contribution >= 4 is 57.2 Å². The average molecular weight is 531 g/mol. The quantitative estimate of drug-likeness (QED) is 0.161. The number of amides is 2. The Labute approximate surface area is 202 Å². The molecule has 2 N–H and O–H groups in total. The van der Waals surface area contributed by atoms with Gasteiger partial charge >= 0.3 is 17.8 Å². The molecule has 0 unspecified atom stereocenters. The van der Waals surface area contributed by atoms with Gasteiger partial charge in [-0.05, 0) is 66.7 Å². The zero-order valence-corrected chi connectivity index (χ0v) is 19.5. The molecule has 3 aromatic carbocycles. The summed E-state index contributed by atoms with van der Waals surface area (Å²) in [5.74, 6) is -1.65. The first kappa shape index (κ1) is 24.0. The summed E-state index contributed by atoms with van der Waals surface area (Å²) in [6.07, 6.45) is 1.26. The highest BCUT2D eigenvalue weighted by Crippen LogP contribution is 2.23. The molecular weight excluding hydrogens is 514 g/mol. The van der Waals surface area contributed by atoms with Crippen molar-refractivity contribution in [3.8, 4) is 11.5 Å². The van der Waals surface area contributed by atoms with Gasteiger partial charge in [0, 0.05) is 20.7 Å². The topological polar surface area (TPSA) is 106 Å². The number of ether oxygens (including phenoxy) is 2. The van der Waals surface area contributed by atoms with Gasteiger partial charge in [0.15, 0.2) is 0 Å². The van der Waals surface area contributed by atoms with Crippen LogP contribution >= 0.6 is 27.5 Å². The maximum Gasteiger partial charge on any atom is 0.343 e. The summed E-state index contributed by atoms with van der Waals surface area (Å²) >= 11 is 9.12. The van der Waals surface area contributed by atoms with E-state index in [0.717, 1.165) is 0 Å². The number of halogens is 2. The van der Waals surface area contributed by atoms with Crippen molar-refractivity contribution in [2.45, 2.75) is 0 Å². The van der Waals surface area contributed by atoms with Crippen LogP contribution in [0, 0.1) is 0 Å². The Morgan fingerprint density at radius 3 is 2.33 bits per heavy atom. The maximum absolute atomic E-state index is 12.5. The molecule has 8 nitrogen and oxygen atoms in total. The molecule has 10 heteroatoms. The molecule has 0 saturated heterocycles. The van der Waals surface area contributed by atoms with Crippen molar-refractivity contribution in [3.63, 3.8) is 0 Å². The maximum atomic E-state index is 12.5. The lowest BCUT2D eigenvalue weighted by Crippen LogP contribution is -2.32. The number of carbonyl (C=O) groups is 3. The molecule has 3 rings (SSSR count). The molecule has 0 radical (unpaired) electrons. The zero-order valence-electron chi connectivity index (χ0n) is 17.2. The average Bonchev–Trinajstić information content (AvgIpc) is 2.82. The molecule has 0 aromatic heterocycles. The molecule has 0 spiro atoms. The van der Waals surface area contributed by atoms with E-state index in [-0.39, 0.29) is 5.75 Å². The first-order valence-electron chi connectivity index (χ1n) is 9.41. The number of hydrazone groups is 1. The van der Waals surface area contributed by atoms with E-state index in [2.05, 4.69) is 31.8 Å². The monoisotopic (exact) mass is 529 g/mol. The van der Waals surface area contributed by atoms with Crippen LogP contribution in [0.5, 0.6) is 11.5 Å². The first-order valence-corrected chi connectivity index (χ1v) is 10.6.